The summed E-state index contributed by atoms with van der Waals surface area (Å²) in [6.45, 7) is 1.28. The third-order valence-electron chi connectivity index (χ3n) is 8.44. The highest BCUT2D eigenvalue weighted by Gasteiger charge is 2.41. The molecule has 2 aromatic carbocycles. The number of alkyl halides is 3. The highest BCUT2D eigenvalue weighted by Crippen LogP contribution is 2.43. The number of hydrogen-bond acceptors (Lipinski definition) is 6. The summed E-state index contributed by atoms with van der Waals surface area (Å²) in [5.41, 5.74) is 7.48. The lowest BCUT2D eigenvalue weighted by Crippen LogP contribution is -2.33. The number of nitrogens with two attached hydrogens (primary N) is 1. The lowest BCUT2D eigenvalue weighted by molar-refractivity contribution is -0.183. The molecule has 0 spiro atoms. The van der Waals surface area contributed by atoms with Crippen molar-refractivity contribution in [1.29, 1.82) is 0 Å². The summed E-state index contributed by atoms with van der Waals surface area (Å²) < 4.78 is 71.0. The van der Waals surface area contributed by atoms with Crippen molar-refractivity contribution < 1.29 is 35.9 Å². The van der Waals surface area contributed by atoms with E-state index in [1.54, 1.807) is 31.2 Å². The number of sulfone groups is 1. The molecule has 2 saturated carbocycles. The van der Waals surface area contributed by atoms with Gasteiger partial charge in [0.2, 0.25) is 0 Å². The Kier molecular flexibility index (Phi) is 8.73. The Morgan fingerprint density at radius 3 is 2.33 bits per heavy atom. The number of ether oxygens (including phenoxy) is 1. The average molecular weight is 621 g/mol. The Morgan fingerprint density at radius 2 is 1.74 bits per heavy atom. The van der Waals surface area contributed by atoms with Gasteiger partial charge in [0.15, 0.2) is 9.84 Å². The number of halogens is 3. The standard InChI is InChI=1S/C30H35F3N4O5S/c1-2-43(40,41)23-12-5-19(6-13-23)25(17-42-29(34)39)36-28(38)20-7-14-26-24(16-20)35-27(37(26)22-10-11-22)15-18-3-8-21(9-4-18)30(31,32)33/h5-7,12-14,16,18,21-22,25H,2-4,8-11,15,17H2,1H3,(H2,34,39)(H,36,38)/t18?,21?,25-/m0/s1. The summed E-state index contributed by atoms with van der Waals surface area (Å²) in [7, 11) is -3.42. The van der Waals surface area contributed by atoms with Crippen LogP contribution < -0.4 is 11.1 Å². The van der Waals surface area contributed by atoms with E-state index in [1.807, 2.05) is 6.07 Å². The fourth-order valence-electron chi connectivity index (χ4n) is 5.83. The van der Waals surface area contributed by atoms with Gasteiger partial charge < -0.3 is 20.4 Å². The summed E-state index contributed by atoms with van der Waals surface area (Å²) in [4.78, 5) is 29.6. The Hall–Kier alpha value is -3.61. The zero-order valence-corrected chi connectivity index (χ0v) is 24.6. The summed E-state index contributed by atoms with van der Waals surface area (Å²) >= 11 is 0. The molecule has 1 heterocycles. The van der Waals surface area contributed by atoms with Crippen LogP contribution in [0.25, 0.3) is 11.0 Å². The normalized spacial score (nSPS) is 20.1. The first-order valence-electron chi connectivity index (χ1n) is 14.5. The number of benzene rings is 2. The van der Waals surface area contributed by atoms with Gasteiger partial charge in [-0.05, 0) is 80.3 Å². The van der Waals surface area contributed by atoms with Gasteiger partial charge in [0.1, 0.15) is 12.4 Å². The predicted molar refractivity (Wildman–Crippen MR) is 153 cm³/mol. The number of nitrogens with one attached hydrogen (secondary N) is 1. The van der Waals surface area contributed by atoms with Gasteiger partial charge in [0.25, 0.3) is 5.91 Å². The molecule has 43 heavy (non-hydrogen) atoms. The molecule has 2 fully saturated rings. The molecule has 0 bridgehead atoms. The average Bonchev–Trinajstić information content (AvgIpc) is 3.75. The van der Waals surface area contributed by atoms with E-state index in [0.29, 0.717) is 41.9 Å². The maximum atomic E-state index is 13.4. The van der Waals surface area contributed by atoms with E-state index in [0.717, 1.165) is 24.2 Å². The summed E-state index contributed by atoms with van der Waals surface area (Å²) in [5, 5.41) is 2.83. The first kappa shape index (κ1) is 30.8. The predicted octanol–water partition coefficient (Wildman–Crippen LogP) is 5.64. The maximum Gasteiger partial charge on any atom is 0.404 e. The number of nitrogens with zero attached hydrogens (tertiary/aromatic N) is 2. The van der Waals surface area contributed by atoms with Crippen molar-refractivity contribution in [3.05, 3.63) is 59.4 Å². The molecule has 2 aliphatic rings. The molecule has 1 atom stereocenters. The van der Waals surface area contributed by atoms with Gasteiger partial charge >= 0.3 is 12.3 Å². The minimum absolute atomic E-state index is 0.0584. The second kappa shape index (κ2) is 12.2. The molecule has 232 valence electrons. The minimum Gasteiger partial charge on any atom is -0.447 e. The van der Waals surface area contributed by atoms with Crippen LogP contribution in [0.1, 0.15) is 79.3 Å². The van der Waals surface area contributed by atoms with E-state index in [4.69, 9.17) is 15.5 Å². The van der Waals surface area contributed by atoms with E-state index >= 15 is 0 Å². The van der Waals surface area contributed by atoms with Gasteiger partial charge in [-0.1, -0.05) is 19.1 Å². The zero-order valence-electron chi connectivity index (χ0n) is 23.8. The third kappa shape index (κ3) is 7.14. The van der Waals surface area contributed by atoms with Crippen molar-refractivity contribution in [2.24, 2.45) is 17.6 Å². The van der Waals surface area contributed by atoms with Gasteiger partial charge in [-0.25, -0.2) is 18.2 Å². The number of rotatable bonds is 10. The molecule has 0 aliphatic heterocycles. The molecular formula is C30H35F3N4O5S. The number of hydrogen-bond donors (Lipinski definition) is 2. The van der Waals surface area contributed by atoms with Crippen LogP contribution in [-0.4, -0.2) is 48.5 Å². The smallest absolute Gasteiger partial charge is 0.404 e. The molecule has 2 aliphatic carbocycles. The quantitative estimate of drug-likeness (QED) is 0.301. The Balaban J connectivity index is 1.35. The number of fused-ring (bicyclic) bond motifs is 1. The Morgan fingerprint density at radius 1 is 1.07 bits per heavy atom. The van der Waals surface area contributed by atoms with E-state index in [1.165, 1.54) is 12.1 Å². The van der Waals surface area contributed by atoms with Crippen molar-refractivity contribution in [1.82, 2.24) is 14.9 Å². The van der Waals surface area contributed by atoms with Crippen molar-refractivity contribution in [3.63, 3.8) is 0 Å². The highest BCUT2D eigenvalue weighted by molar-refractivity contribution is 7.91. The summed E-state index contributed by atoms with van der Waals surface area (Å²) in [6.07, 6.45) is -1.28. The number of amides is 2. The largest absolute Gasteiger partial charge is 0.447 e. The summed E-state index contributed by atoms with van der Waals surface area (Å²) in [5.74, 6) is -0.789. The second-order valence-electron chi connectivity index (χ2n) is 11.4. The molecule has 2 amide bonds. The molecule has 3 aromatic rings. The number of carbonyl (C=O) groups excluding carboxylic acids is 2. The molecule has 13 heteroatoms. The fraction of sp³-hybridized carbons (Fsp3) is 0.500. The van der Waals surface area contributed by atoms with Crippen molar-refractivity contribution in [2.45, 2.75) is 75.0 Å². The van der Waals surface area contributed by atoms with Crippen LogP contribution in [0.15, 0.2) is 47.4 Å². The number of aromatic nitrogens is 2. The monoisotopic (exact) mass is 620 g/mol. The molecular weight excluding hydrogens is 585 g/mol. The van der Waals surface area contributed by atoms with Crippen LogP contribution in [-0.2, 0) is 21.0 Å². The van der Waals surface area contributed by atoms with Crippen LogP contribution in [0, 0.1) is 11.8 Å². The van der Waals surface area contributed by atoms with Crippen LogP contribution in [0.4, 0.5) is 18.0 Å². The van der Waals surface area contributed by atoms with E-state index in [-0.39, 0.29) is 36.0 Å². The van der Waals surface area contributed by atoms with Gasteiger partial charge in [0.05, 0.1) is 33.6 Å². The van der Waals surface area contributed by atoms with Crippen molar-refractivity contribution in [3.8, 4) is 0 Å². The summed E-state index contributed by atoms with van der Waals surface area (Å²) in [6, 6.07) is 10.6. The van der Waals surface area contributed by atoms with Crippen molar-refractivity contribution in [2.75, 3.05) is 12.4 Å². The Bertz CT molecular complexity index is 1590. The van der Waals surface area contributed by atoms with Crippen LogP contribution in [0.3, 0.4) is 0 Å². The Labute approximate surface area is 247 Å². The fourth-order valence-corrected chi connectivity index (χ4v) is 6.71. The second-order valence-corrected chi connectivity index (χ2v) is 13.7. The molecule has 0 saturated heterocycles. The third-order valence-corrected chi connectivity index (χ3v) is 10.2. The molecule has 0 unspecified atom stereocenters. The SMILES string of the molecule is CCS(=O)(=O)c1ccc([C@H](COC(N)=O)NC(=O)c2ccc3c(c2)nc(CC2CCC(C(F)(F)F)CC2)n3C2CC2)cc1. The zero-order chi connectivity index (χ0) is 30.9. The molecule has 0 radical (unpaired) electrons. The van der Waals surface area contributed by atoms with Gasteiger partial charge in [-0.15, -0.1) is 0 Å². The highest BCUT2D eigenvalue weighted by atomic mass is 32.2. The van der Waals surface area contributed by atoms with E-state index in [2.05, 4.69) is 9.88 Å². The minimum atomic E-state index is -4.15. The maximum absolute atomic E-state index is 13.4. The van der Waals surface area contributed by atoms with Gasteiger partial charge in [-0.3, -0.25) is 4.79 Å². The number of carbonyl (C=O) groups is 2. The van der Waals surface area contributed by atoms with Crippen LogP contribution in [0.2, 0.25) is 0 Å². The number of imidazole rings is 1. The number of primary amides is 1. The molecule has 9 nitrogen and oxygen atoms in total. The lowest BCUT2D eigenvalue weighted by atomic mass is 9.80. The van der Waals surface area contributed by atoms with Gasteiger partial charge in [-0.2, -0.15) is 13.2 Å². The van der Waals surface area contributed by atoms with Crippen LogP contribution >= 0.6 is 0 Å². The topological polar surface area (TPSA) is 133 Å². The first-order valence-corrected chi connectivity index (χ1v) is 16.1. The van der Waals surface area contributed by atoms with Crippen LogP contribution in [0.5, 0.6) is 0 Å². The molecule has 3 N–H and O–H groups in total. The van der Waals surface area contributed by atoms with E-state index in [9.17, 15) is 31.2 Å². The molecule has 1 aromatic heterocycles. The molecule has 5 rings (SSSR count). The van der Waals surface area contributed by atoms with Crippen molar-refractivity contribution >= 4 is 32.9 Å². The lowest BCUT2D eigenvalue weighted by Gasteiger charge is -2.29. The first-order chi connectivity index (χ1) is 20.4. The van der Waals surface area contributed by atoms with E-state index < -0.39 is 40.0 Å². The van der Waals surface area contributed by atoms with Gasteiger partial charge in [0, 0.05) is 18.0 Å².